The summed E-state index contributed by atoms with van der Waals surface area (Å²) in [4.78, 5) is 52.3. The summed E-state index contributed by atoms with van der Waals surface area (Å²) >= 11 is 0. The standard InChI is InChI=1S/C27H33F2N3O8/c1-17(2)16-38-26(37)31-21-12-13-32(25(36)30-21)24-27(28,29)23(20(15-33)39-24)40-22(35)11-7-6-10-19(34)14-18-8-4-3-5-9-18/h3-5,8-9,12-13,17,20,23-24,33H,6-7,10-11,14-16H2,1-2H3,(H,30,31,36,37)/t20-,23-,24-/m1/s1. The topological polar surface area (TPSA) is 146 Å². The Hall–Kier alpha value is -3.71. The van der Waals surface area contributed by atoms with Crippen LogP contribution in [0, 0.1) is 5.92 Å². The number of rotatable bonds is 13. The number of aromatic nitrogens is 2. The number of benzene rings is 1. The van der Waals surface area contributed by atoms with Crippen LogP contribution >= 0.6 is 0 Å². The lowest BCUT2D eigenvalue weighted by molar-refractivity contribution is -0.176. The van der Waals surface area contributed by atoms with Gasteiger partial charge in [0, 0.05) is 25.5 Å². The molecule has 1 aromatic heterocycles. The van der Waals surface area contributed by atoms with E-state index in [1.807, 2.05) is 44.2 Å². The van der Waals surface area contributed by atoms with Crippen LogP contribution < -0.4 is 11.0 Å². The monoisotopic (exact) mass is 565 g/mol. The molecule has 0 aliphatic carbocycles. The van der Waals surface area contributed by atoms with Gasteiger partial charge in [0.1, 0.15) is 17.7 Å². The number of hydrogen-bond donors (Lipinski definition) is 2. The maximum atomic E-state index is 15.3. The van der Waals surface area contributed by atoms with Crippen molar-refractivity contribution in [2.24, 2.45) is 5.92 Å². The predicted molar refractivity (Wildman–Crippen MR) is 138 cm³/mol. The number of esters is 1. The van der Waals surface area contributed by atoms with Gasteiger partial charge < -0.3 is 19.3 Å². The van der Waals surface area contributed by atoms with Gasteiger partial charge in [-0.1, -0.05) is 44.2 Å². The molecule has 2 N–H and O–H groups in total. The molecule has 0 spiro atoms. The highest BCUT2D eigenvalue weighted by molar-refractivity contribution is 5.83. The normalized spacial score (nSPS) is 19.8. The maximum absolute atomic E-state index is 15.3. The molecule has 1 saturated heterocycles. The SMILES string of the molecule is CC(C)COC(=O)Nc1ccn([C@@H]2O[C@H](CO)[C@@H](OC(=O)CCCCC(=O)Cc3ccccc3)C2(F)F)c(=O)n1. The van der Waals surface area contributed by atoms with Crippen molar-refractivity contribution in [3.63, 3.8) is 0 Å². The molecular formula is C27H33F2N3O8. The average molecular weight is 566 g/mol. The minimum Gasteiger partial charge on any atom is -0.453 e. The third kappa shape index (κ3) is 8.39. The van der Waals surface area contributed by atoms with Gasteiger partial charge >= 0.3 is 23.7 Å². The fourth-order valence-electron chi connectivity index (χ4n) is 4.01. The van der Waals surface area contributed by atoms with E-state index >= 15 is 8.78 Å². The van der Waals surface area contributed by atoms with Crippen molar-refractivity contribution in [2.45, 2.75) is 70.3 Å². The van der Waals surface area contributed by atoms with Gasteiger partial charge in [-0.25, -0.2) is 9.59 Å². The lowest BCUT2D eigenvalue weighted by Crippen LogP contribution is -2.44. The molecule has 3 atom stereocenters. The van der Waals surface area contributed by atoms with Crippen molar-refractivity contribution in [2.75, 3.05) is 18.5 Å². The highest BCUT2D eigenvalue weighted by atomic mass is 19.3. The van der Waals surface area contributed by atoms with E-state index in [1.165, 1.54) is 0 Å². The number of nitrogens with zero attached hydrogens (tertiary/aromatic N) is 2. The van der Waals surface area contributed by atoms with Gasteiger partial charge in [0.25, 0.3) is 0 Å². The van der Waals surface area contributed by atoms with E-state index in [2.05, 4.69) is 10.3 Å². The number of alkyl halides is 2. The van der Waals surface area contributed by atoms with Gasteiger partial charge in [0.2, 0.25) is 6.23 Å². The van der Waals surface area contributed by atoms with E-state index in [1.54, 1.807) is 0 Å². The zero-order valence-corrected chi connectivity index (χ0v) is 22.3. The summed E-state index contributed by atoms with van der Waals surface area (Å²) in [5.41, 5.74) is -0.292. The number of nitrogens with one attached hydrogen (secondary N) is 1. The van der Waals surface area contributed by atoms with Crippen LogP contribution in [0.1, 0.15) is 51.3 Å². The van der Waals surface area contributed by atoms with Crippen molar-refractivity contribution in [1.29, 1.82) is 0 Å². The Bertz CT molecular complexity index is 1220. The number of carbonyl (C=O) groups is 3. The number of anilines is 1. The third-order valence-corrected chi connectivity index (χ3v) is 5.98. The van der Waals surface area contributed by atoms with E-state index in [0.717, 1.165) is 17.8 Å². The Morgan fingerprint density at radius 1 is 1.15 bits per heavy atom. The first-order valence-electron chi connectivity index (χ1n) is 12.9. The summed E-state index contributed by atoms with van der Waals surface area (Å²) in [5, 5.41) is 11.8. The summed E-state index contributed by atoms with van der Waals surface area (Å²) in [6.07, 6.45) is -5.03. The zero-order chi connectivity index (χ0) is 29.3. The number of halogens is 2. The van der Waals surface area contributed by atoms with Crippen molar-refractivity contribution in [3.05, 3.63) is 58.6 Å². The lowest BCUT2D eigenvalue weighted by atomic mass is 10.0. The van der Waals surface area contributed by atoms with Crippen LogP contribution in [0.3, 0.4) is 0 Å². The Morgan fingerprint density at radius 2 is 1.85 bits per heavy atom. The molecule has 1 aliphatic rings. The zero-order valence-electron chi connectivity index (χ0n) is 22.3. The summed E-state index contributed by atoms with van der Waals surface area (Å²) in [5.74, 6) is -5.01. The van der Waals surface area contributed by atoms with Crippen LogP contribution in [0.15, 0.2) is 47.4 Å². The number of ketones is 1. The summed E-state index contributed by atoms with van der Waals surface area (Å²) in [6, 6.07) is 10.3. The first-order chi connectivity index (χ1) is 19.0. The Labute approximate surface area is 229 Å². The Kier molecular flexibility index (Phi) is 10.8. The highest BCUT2D eigenvalue weighted by Gasteiger charge is 2.62. The number of Topliss-reactive ketones (excluding diaryl/α,β-unsaturated/α-hetero) is 1. The molecule has 0 radical (unpaired) electrons. The van der Waals surface area contributed by atoms with Gasteiger partial charge in [0.15, 0.2) is 6.10 Å². The molecule has 1 amide bonds. The minimum absolute atomic E-state index is 0.00815. The minimum atomic E-state index is -3.90. The average Bonchev–Trinajstić information content (AvgIpc) is 3.15. The van der Waals surface area contributed by atoms with E-state index < -0.39 is 48.7 Å². The fourth-order valence-corrected chi connectivity index (χ4v) is 4.01. The number of carbonyl (C=O) groups excluding carboxylic acids is 3. The van der Waals surface area contributed by atoms with Crippen LogP contribution in [0.2, 0.25) is 0 Å². The number of aliphatic hydroxyl groups is 1. The van der Waals surface area contributed by atoms with Crippen molar-refractivity contribution in [1.82, 2.24) is 9.55 Å². The molecule has 1 aliphatic heterocycles. The van der Waals surface area contributed by atoms with Crippen molar-refractivity contribution < 1.29 is 42.5 Å². The number of ether oxygens (including phenoxy) is 3. The second-order valence-corrected chi connectivity index (χ2v) is 9.82. The molecule has 1 aromatic carbocycles. The first-order valence-corrected chi connectivity index (χ1v) is 12.9. The van der Waals surface area contributed by atoms with Crippen LogP contribution in [0.4, 0.5) is 19.4 Å². The van der Waals surface area contributed by atoms with Crippen molar-refractivity contribution >= 4 is 23.7 Å². The number of aliphatic hydroxyl groups excluding tert-OH is 1. The highest BCUT2D eigenvalue weighted by Crippen LogP contribution is 2.44. The molecule has 1 fully saturated rings. The van der Waals surface area contributed by atoms with E-state index in [9.17, 15) is 24.3 Å². The molecule has 2 aromatic rings. The Morgan fingerprint density at radius 3 is 2.50 bits per heavy atom. The molecule has 13 heteroatoms. The smallest absolute Gasteiger partial charge is 0.412 e. The fraction of sp³-hybridized carbons (Fsp3) is 0.519. The summed E-state index contributed by atoms with van der Waals surface area (Å²) in [7, 11) is 0. The molecular weight excluding hydrogens is 532 g/mol. The summed E-state index contributed by atoms with van der Waals surface area (Å²) < 4.78 is 46.2. The first kappa shape index (κ1) is 30.8. The molecule has 3 rings (SSSR count). The van der Waals surface area contributed by atoms with Gasteiger partial charge in [0.05, 0.1) is 13.2 Å². The summed E-state index contributed by atoms with van der Waals surface area (Å²) in [6.45, 7) is 2.88. The molecule has 0 bridgehead atoms. The van der Waals surface area contributed by atoms with Crippen LogP contribution in [0.25, 0.3) is 0 Å². The molecule has 0 unspecified atom stereocenters. The second kappa shape index (κ2) is 14.1. The van der Waals surface area contributed by atoms with Gasteiger partial charge in [-0.3, -0.25) is 19.5 Å². The molecule has 2 heterocycles. The van der Waals surface area contributed by atoms with Crippen LogP contribution in [-0.2, 0) is 30.2 Å². The van der Waals surface area contributed by atoms with E-state index in [-0.39, 0.29) is 49.8 Å². The van der Waals surface area contributed by atoms with E-state index in [4.69, 9.17) is 14.2 Å². The molecule has 218 valence electrons. The second-order valence-electron chi connectivity index (χ2n) is 9.82. The van der Waals surface area contributed by atoms with Crippen molar-refractivity contribution in [3.8, 4) is 0 Å². The molecule has 11 nitrogen and oxygen atoms in total. The lowest BCUT2D eigenvalue weighted by Gasteiger charge is -2.24. The Balaban J connectivity index is 1.55. The number of amides is 1. The van der Waals surface area contributed by atoms with Crippen LogP contribution in [-0.4, -0.2) is 63.8 Å². The number of hydrogen-bond acceptors (Lipinski definition) is 9. The van der Waals surface area contributed by atoms with E-state index in [0.29, 0.717) is 11.0 Å². The quantitative estimate of drug-likeness (QED) is 0.276. The largest absolute Gasteiger partial charge is 0.453 e. The number of unbranched alkanes of at least 4 members (excludes halogenated alkanes) is 1. The van der Waals surface area contributed by atoms with Gasteiger partial charge in [-0.2, -0.15) is 13.8 Å². The third-order valence-electron chi connectivity index (χ3n) is 5.98. The molecule has 0 saturated carbocycles. The van der Waals surface area contributed by atoms with Crippen LogP contribution in [0.5, 0.6) is 0 Å². The van der Waals surface area contributed by atoms with Gasteiger partial charge in [-0.05, 0) is 30.4 Å². The predicted octanol–water partition coefficient (Wildman–Crippen LogP) is 3.26. The maximum Gasteiger partial charge on any atom is 0.412 e. The molecule has 40 heavy (non-hydrogen) atoms. The van der Waals surface area contributed by atoms with Gasteiger partial charge in [-0.15, -0.1) is 0 Å².